The molecule has 0 spiro atoms. The fourth-order valence-corrected chi connectivity index (χ4v) is 4.12. The van der Waals surface area contributed by atoms with Crippen molar-refractivity contribution in [1.29, 1.82) is 0 Å². The quantitative estimate of drug-likeness (QED) is 0.770. The van der Waals surface area contributed by atoms with Gasteiger partial charge in [0.25, 0.3) is 0 Å². The summed E-state index contributed by atoms with van der Waals surface area (Å²) in [5.41, 5.74) is 0. The van der Waals surface area contributed by atoms with Crippen LogP contribution in [0.3, 0.4) is 0 Å². The van der Waals surface area contributed by atoms with Crippen LogP contribution in [0.2, 0.25) is 0 Å². The Bertz CT molecular complexity index is 380. The van der Waals surface area contributed by atoms with E-state index in [-0.39, 0.29) is 0 Å². The van der Waals surface area contributed by atoms with Crippen LogP contribution in [0.5, 0.6) is 0 Å². The number of hydrogen-bond acceptors (Lipinski definition) is 3. The number of rotatable bonds is 8. The molecule has 0 radical (unpaired) electrons. The molecule has 0 bridgehead atoms. The minimum atomic E-state index is 0.807. The van der Waals surface area contributed by atoms with Crippen LogP contribution in [-0.2, 0) is 13.1 Å². The second kappa shape index (κ2) is 8.16. The van der Waals surface area contributed by atoms with E-state index >= 15 is 0 Å². The lowest BCUT2D eigenvalue weighted by atomic mass is 10.1. The van der Waals surface area contributed by atoms with E-state index in [1.54, 1.807) is 0 Å². The molecule has 1 aromatic rings. The van der Waals surface area contributed by atoms with Crippen LogP contribution in [0.25, 0.3) is 0 Å². The van der Waals surface area contributed by atoms with Gasteiger partial charge in [0, 0.05) is 28.9 Å². The molecule has 3 heteroatoms. The van der Waals surface area contributed by atoms with Gasteiger partial charge < -0.3 is 5.32 Å². The van der Waals surface area contributed by atoms with Crippen molar-refractivity contribution in [3.05, 3.63) is 21.9 Å². The number of hydrogen-bond donors (Lipinski definition) is 1. The van der Waals surface area contributed by atoms with E-state index in [4.69, 9.17) is 0 Å². The van der Waals surface area contributed by atoms with Crippen LogP contribution in [0.4, 0.5) is 0 Å². The zero-order valence-electron chi connectivity index (χ0n) is 13.3. The molecule has 0 amide bonds. The van der Waals surface area contributed by atoms with E-state index in [1.165, 1.54) is 48.4 Å². The summed E-state index contributed by atoms with van der Waals surface area (Å²) in [6, 6.07) is 5.45. The standard InChI is InChI=1S/C17H30N2S/c1-14(2)10-11-19(15-6-4-5-7-15)13-17-9-8-16(20-17)12-18-3/h8-9,14-15,18H,4-7,10-13H2,1-3H3. The highest BCUT2D eigenvalue weighted by atomic mass is 32.1. The highest BCUT2D eigenvalue weighted by Gasteiger charge is 2.23. The van der Waals surface area contributed by atoms with Gasteiger partial charge in [0.2, 0.25) is 0 Å². The predicted octanol–water partition coefficient (Wildman–Crippen LogP) is 4.26. The first kappa shape index (κ1) is 16.0. The molecule has 0 aliphatic heterocycles. The topological polar surface area (TPSA) is 15.3 Å². The average Bonchev–Trinajstić information content (AvgIpc) is 3.06. The lowest BCUT2D eigenvalue weighted by molar-refractivity contribution is 0.181. The normalized spacial score (nSPS) is 16.6. The van der Waals surface area contributed by atoms with Crippen LogP contribution in [0.15, 0.2) is 12.1 Å². The molecule has 1 aromatic heterocycles. The fraction of sp³-hybridized carbons (Fsp3) is 0.765. The van der Waals surface area contributed by atoms with E-state index in [1.807, 2.05) is 18.4 Å². The third-order valence-corrected chi connectivity index (χ3v) is 5.33. The summed E-state index contributed by atoms with van der Waals surface area (Å²) in [5.74, 6) is 0.807. The third kappa shape index (κ3) is 4.87. The Morgan fingerprint density at radius 3 is 2.60 bits per heavy atom. The van der Waals surface area contributed by atoms with Crippen LogP contribution in [-0.4, -0.2) is 24.5 Å². The zero-order chi connectivity index (χ0) is 14.4. The Morgan fingerprint density at radius 2 is 1.95 bits per heavy atom. The van der Waals surface area contributed by atoms with Gasteiger partial charge in [-0.3, -0.25) is 4.90 Å². The molecule has 1 heterocycles. The van der Waals surface area contributed by atoms with Crippen molar-refractivity contribution in [2.45, 2.75) is 65.1 Å². The molecule has 0 aromatic carbocycles. The lowest BCUT2D eigenvalue weighted by Gasteiger charge is -2.29. The number of nitrogens with zero attached hydrogens (tertiary/aromatic N) is 1. The van der Waals surface area contributed by atoms with Crippen LogP contribution >= 0.6 is 11.3 Å². The maximum atomic E-state index is 3.24. The van der Waals surface area contributed by atoms with Crippen molar-refractivity contribution < 1.29 is 0 Å². The van der Waals surface area contributed by atoms with Crippen LogP contribution < -0.4 is 5.32 Å². The van der Waals surface area contributed by atoms with Gasteiger partial charge in [0.05, 0.1) is 0 Å². The molecule has 0 atom stereocenters. The Morgan fingerprint density at radius 1 is 1.25 bits per heavy atom. The van der Waals surface area contributed by atoms with Crippen molar-refractivity contribution in [2.75, 3.05) is 13.6 Å². The first-order valence-corrected chi connectivity index (χ1v) is 8.97. The van der Waals surface area contributed by atoms with Crippen molar-refractivity contribution in [2.24, 2.45) is 5.92 Å². The first-order valence-electron chi connectivity index (χ1n) is 8.15. The summed E-state index contributed by atoms with van der Waals surface area (Å²) in [6.07, 6.45) is 7.00. The van der Waals surface area contributed by atoms with Crippen LogP contribution in [0, 0.1) is 5.92 Å². The number of nitrogens with one attached hydrogen (secondary N) is 1. The fourth-order valence-electron chi connectivity index (χ4n) is 3.06. The van der Waals surface area contributed by atoms with Gasteiger partial charge in [-0.1, -0.05) is 26.7 Å². The molecule has 1 aliphatic rings. The molecule has 2 nitrogen and oxygen atoms in total. The van der Waals surface area contributed by atoms with Crippen molar-refractivity contribution >= 4 is 11.3 Å². The highest BCUT2D eigenvalue weighted by molar-refractivity contribution is 7.11. The second-order valence-corrected chi connectivity index (χ2v) is 7.74. The molecule has 1 saturated carbocycles. The SMILES string of the molecule is CNCc1ccc(CN(CCC(C)C)C2CCCC2)s1. The van der Waals surface area contributed by atoms with Gasteiger partial charge in [-0.05, 0) is 50.9 Å². The maximum Gasteiger partial charge on any atom is 0.0330 e. The van der Waals surface area contributed by atoms with Gasteiger partial charge in [0.15, 0.2) is 0 Å². The highest BCUT2D eigenvalue weighted by Crippen LogP contribution is 2.27. The van der Waals surface area contributed by atoms with Crippen molar-refractivity contribution in [1.82, 2.24) is 10.2 Å². The maximum absolute atomic E-state index is 3.24. The Balaban J connectivity index is 1.94. The van der Waals surface area contributed by atoms with E-state index < -0.39 is 0 Å². The molecule has 20 heavy (non-hydrogen) atoms. The summed E-state index contributed by atoms with van der Waals surface area (Å²) in [4.78, 5) is 5.74. The summed E-state index contributed by atoms with van der Waals surface area (Å²) in [6.45, 7) is 8.10. The summed E-state index contributed by atoms with van der Waals surface area (Å²) in [5, 5.41) is 3.24. The van der Waals surface area contributed by atoms with Crippen molar-refractivity contribution in [3.63, 3.8) is 0 Å². The van der Waals surface area contributed by atoms with E-state index in [0.717, 1.165) is 25.0 Å². The minimum absolute atomic E-state index is 0.807. The van der Waals surface area contributed by atoms with Gasteiger partial charge in [-0.2, -0.15) is 0 Å². The molecule has 0 unspecified atom stereocenters. The molecular formula is C17H30N2S. The minimum Gasteiger partial charge on any atom is -0.315 e. The average molecular weight is 295 g/mol. The summed E-state index contributed by atoms with van der Waals surface area (Å²) >= 11 is 1.97. The van der Waals surface area contributed by atoms with Gasteiger partial charge in [-0.25, -0.2) is 0 Å². The molecule has 114 valence electrons. The molecule has 0 saturated heterocycles. The zero-order valence-corrected chi connectivity index (χ0v) is 14.1. The monoisotopic (exact) mass is 294 g/mol. The largest absolute Gasteiger partial charge is 0.315 e. The molecule has 1 fully saturated rings. The molecule has 1 N–H and O–H groups in total. The van der Waals surface area contributed by atoms with Crippen molar-refractivity contribution in [3.8, 4) is 0 Å². The first-order chi connectivity index (χ1) is 9.69. The summed E-state index contributed by atoms with van der Waals surface area (Å²) in [7, 11) is 2.02. The molecule has 1 aliphatic carbocycles. The van der Waals surface area contributed by atoms with E-state index in [9.17, 15) is 0 Å². The Kier molecular flexibility index (Phi) is 6.53. The number of thiophene rings is 1. The predicted molar refractivity (Wildman–Crippen MR) is 89.2 cm³/mol. The molecular weight excluding hydrogens is 264 g/mol. The smallest absolute Gasteiger partial charge is 0.0330 e. The van der Waals surface area contributed by atoms with Gasteiger partial charge >= 0.3 is 0 Å². The summed E-state index contributed by atoms with van der Waals surface area (Å²) < 4.78 is 0. The van der Waals surface area contributed by atoms with E-state index in [2.05, 4.69) is 36.2 Å². The second-order valence-electron chi connectivity index (χ2n) is 6.49. The van der Waals surface area contributed by atoms with Crippen LogP contribution in [0.1, 0.15) is 55.7 Å². The van der Waals surface area contributed by atoms with Gasteiger partial charge in [0.1, 0.15) is 0 Å². The third-order valence-electron chi connectivity index (χ3n) is 4.26. The Labute approximate surface area is 128 Å². The molecule has 2 rings (SSSR count). The van der Waals surface area contributed by atoms with Gasteiger partial charge in [-0.15, -0.1) is 11.3 Å². The lowest BCUT2D eigenvalue weighted by Crippen LogP contribution is -2.33. The van der Waals surface area contributed by atoms with E-state index in [0.29, 0.717) is 0 Å². The Hall–Kier alpha value is -0.380.